The average Bonchev–Trinajstić information content (AvgIpc) is 2.36. The quantitative estimate of drug-likeness (QED) is 0.425. The van der Waals surface area contributed by atoms with E-state index < -0.39 is 18.0 Å². The SMILES string of the molecule is CNC(=O)NC(=O)CCSCCC(N)C(=O)OC. The third-order valence-electron chi connectivity index (χ3n) is 2.03. The van der Waals surface area contributed by atoms with Crippen LogP contribution in [0.3, 0.4) is 0 Å². The molecule has 1 atom stereocenters. The number of urea groups is 1. The summed E-state index contributed by atoms with van der Waals surface area (Å²) >= 11 is 1.49. The Morgan fingerprint density at radius 1 is 1.33 bits per heavy atom. The molecule has 0 aromatic rings. The molecule has 0 rings (SSSR count). The van der Waals surface area contributed by atoms with Crippen molar-refractivity contribution < 1.29 is 19.1 Å². The van der Waals surface area contributed by atoms with Crippen LogP contribution < -0.4 is 16.4 Å². The molecule has 0 radical (unpaired) electrons. The lowest BCUT2D eigenvalue weighted by Crippen LogP contribution is -2.37. The average molecular weight is 277 g/mol. The molecule has 0 spiro atoms. The van der Waals surface area contributed by atoms with Gasteiger partial charge in [-0.05, 0) is 12.2 Å². The number of nitrogens with two attached hydrogens (primary N) is 1. The number of esters is 1. The fraction of sp³-hybridized carbons (Fsp3) is 0.700. The first-order valence-corrected chi connectivity index (χ1v) is 6.59. The Morgan fingerprint density at radius 2 is 2.00 bits per heavy atom. The first-order valence-electron chi connectivity index (χ1n) is 5.44. The van der Waals surface area contributed by atoms with Crippen LogP contribution in [0.4, 0.5) is 4.79 Å². The van der Waals surface area contributed by atoms with E-state index in [1.54, 1.807) is 0 Å². The molecule has 7 nitrogen and oxygen atoms in total. The maximum Gasteiger partial charge on any atom is 0.322 e. The zero-order valence-electron chi connectivity index (χ0n) is 10.5. The van der Waals surface area contributed by atoms with Crippen LogP contribution in [0, 0.1) is 0 Å². The third-order valence-corrected chi connectivity index (χ3v) is 3.05. The number of nitrogens with one attached hydrogen (secondary N) is 2. The van der Waals surface area contributed by atoms with E-state index in [2.05, 4.69) is 15.4 Å². The second-order valence-electron chi connectivity index (χ2n) is 3.41. The second-order valence-corrected chi connectivity index (χ2v) is 4.63. The van der Waals surface area contributed by atoms with Gasteiger partial charge in [0.25, 0.3) is 0 Å². The minimum absolute atomic E-state index is 0.242. The summed E-state index contributed by atoms with van der Waals surface area (Å²) in [7, 11) is 2.73. The highest BCUT2D eigenvalue weighted by atomic mass is 32.2. The summed E-state index contributed by atoms with van der Waals surface area (Å²) in [6, 6.07) is -1.14. The molecular formula is C10H19N3O4S. The van der Waals surface area contributed by atoms with Crippen molar-refractivity contribution in [2.45, 2.75) is 18.9 Å². The van der Waals surface area contributed by atoms with Gasteiger partial charge in [0.05, 0.1) is 7.11 Å². The van der Waals surface area contributed by atoms with Gasteiger partial charge in [-0.25, -0.2) is 4.79 Å². The normalized spacial score (nSPS) is 11.5. The van der Waals surface area contributed by atoms with E-state index >= 15 is 0 Å². The molecule has 1 unspecified atom stereocenters. The van der Waals surface area contributed by atoms with E-state index in [-0.39, 0.29) is 12.3 Å². The van der Waals surface area contributed by atoms with Crippen LogP contribution >= 0.6 is 11.8 Å². The van der Waals surface area contributed by atoms with Crippen LogP contribution in [0.2, 0.25) is 0 Å². The summed E-state index contributed by atoms with van der Waals surface area (Å²) in [6.07, 6.45) is 0.736. The molecule has 4 N–H and O–H groups in total. The van der Waals surface area contributed by atoms with Crippen molar-refractivity contribution >= 4 is 29.7 Å². The fourth-order valence-corrected chi connectivity index (χ4v) is 1.95. The number of thioether (sulfide) groups is 1. The third kappa shape index (κ3) is 7.91. The Balaban J connectivity index is 3.54. The first kappa shape index (κ1) is 16.7. The van der Waals surface area contributed by atoms with Gasteiger partial charge in [-0.15, -0.1) is 0 Å². The van der Waals surface area contributed by atoms with Crippen LogP contribution in [-0.4, -0.2) is 49.6 Å². The molecule has 18 heavy (non-hydrogen) atoms. The molecule has 0 aliphatic carbocycles. The molecule has 104 valence electrons. The lowest BCUT2D eigenvalue weighted by Gasteiger charge is -2.08. The van der Waals surface area contributed by atoms with Gasteiger partial charge in [0.15, 0.2) is 0 Å². The van der Waals surface area contributed by atoms with E-state index in [0.29, 0.717) is 17.9 Å². The molecule has 0 aliphatic rings. The summed E-state index contributed by atoms with van der Waals surface area (Å²) in [5.41, 5.74) is 5.53. The molecule has 0 aliphatic heterocycles. The molecule has 0 aromatic carbocycles. The molecular weight excluding hydrogens is 258 g/mol. The van der Waals surface area contributed by atoms with Gasteiger partial charge < -0.3 is 15.8 Å². The maximum absolute atomic E-state index is 11.2. The Hall–Kier alpha value is -1.28. The smallest absolute Gasteiger partial charge is 0.322 e. The van der Waals surface area contributed by atoms with E-state index in [1.165, 1.54) is 25.9 Å². The number of hydrogen-bond acceptors (Lipinski definition) is 6. The monoisotopic (exact) mass is 277 g/mol. The molecule has 8 heteroatoms. The number of rotatable bonds is 7. The van der Waals surface area contributed by atoms with Crippen molar-refractivity contribution in [1.82, 2.24) is 10.6 Å². The highest BCUT2D eigenvalue weighted by Crippen LogP contribution is 2.06. The predicted octanol–water partition coefficient (Wildman–Crippen LogP) is -0.544. The zero-order valence-corrected chi connectivity index (χ0v) is 11.3. The molecule has 0 heterocycles. The van der Waals surface area contributed by atoms with Crippen molar-refractivity contribution in [1.29, 1.82) is 0 Å². The predicted molar refractivity (Wildman–Crippen MR) is 69.1 cm³/mol. The fourth-order valence-electron chi connectivity index (χ4n) is 0.998. The van der Waals surface area contributed by atoms with Gasteiger partial charge >= 0.3 is 12.0 Å². The van der Waals surface area contributed by atoms with E-state index in [9.17, 15) is 14.4 Å². The lowest BCUT2D eigenvalue weighted by molar-refractivity contribution is -0.142. The van der Waals surface area contributed by atoms with Gasteiger partial charge in [0.1, 0.15) is 6.04 Å². The number of imide groups is 1. The van der Waals surface area contributed by atoms with Crippen LogP contribution in [0.15, 0.2) is 0 Å². The van der Waals surface area contributed by atoms with E-state index in [1.807, 2.05) is 0 Å². The zero-order chi connectivity index (χ0) is 14.0. The first-order chi connectivity index (χ1) is 8.51. The van der Waals surface area contributed by atoms with Gasteiger partial charge in [-0.2, -0.15) is 11.8 Å². The van der Waals surface area contributed by atoms with Crippen molar-refractivity contribution in [2.75, 3.05) is 25.7 Å². The summed E-state index contributed by atoms with van der Waals surface area (Å²) in [4.78, 5) is 32.9. The maximum atomic E-state index is 11.2. The van der Waals surface area contributed by atoms with Crippen molar-refractivity contribution in [3.63, 3.8) is 0 Å². The minimum atomic E-state index is -0.623. The van der Waals surface area contributed by atoms with E-state index in [0.717, 1.165) is 0 Å². The number of amides is 3. The summed E-state index contributed by atoms with van der Waals surface area (Å²) in [6.45, 7) is 0. The van der Waals surface area contributed by atoms with Crippen molar-refractivity contribution in [2.24, 2.45) is 5.73 Å². The van der Waals surface area contributed by atoms with Gasteiger partial charge in [-0.3, -0.25) is 14.9 Å². The summed E-state index contributed by atoms with van der Waals surface area (Å²) in [5, 5.41) is 4.44. The molecule has 0 saturated heterocycles. The number of hydrogen-bond donors (Lipinski definition) is 3. The van der Waals surface area contributed by atoms with Gasteiger partial charge in [0, 0.05) is 19.2 Å². The molecule has 0 saturated carbocycles. The van der Waals surface area contributed by atoms with Crippen LogP contribution in [-0.2, 0) is 14.3 Å². The number of ether oxygens (including phenoxy) is 1. The highest BCUT2D eigenvalue weighted by Gasteiger charge is 2.13. The number of methoxy groups -OCH3 is 1. The van der Waals surface area contributed by atoms with Crippen LogP contribution in [0.1, 0.15) is 12.8 Å². The lowest BCUT2D eigenvalue weighted by atomic mass is 10.2. The molecule has 0 fully saturated rings. The van der Waals surface area contributed by atoms with Crippen molar-refractivity contribution in [3.8, 4) is 0 Å². The van der Waals surface area contributed by atoms with Gasteiger partial charge in [0.2, 0.25) is 5.91 Å². The summed E-state index contributed by atoms with van der Waals surface area (Å²) in [5.74, 6) is 0.451. The molecule has 0 aromatic heterocycles. The van der Waals surface area contributed by atoms with Crippen LogP contribution in [0.25, 0.3) is 0 Å². The Labute approximate surface area is 110 Å². The molecule has 0 bridgehead atoms. The second kappa shape index (κ2) is 9.72. The summed E-state index contributed by atoms with van der Waals surface area (Å²) < 4.78 is 4.48. The van der Waals surface area contributed by atoms with E-state index in [4.69, 9.17) is 5.73 Å². The number of carbonyl (C=O) groups is 3. The Kier molecular flexibility index (Phi) is 9.03. The largest absolute Gasteiger partial charge is 0.468 e. The standard InChI is InChI=1S/C10H19N3O4S/c1-12-10(16)13-8(14)4-6-18-5-3-7(11)9(15)17-2/h7H,3-6,11H2,1-2H3,(H2,12,13,14,16). The molecule has 3 amide bonds. The number of carbonyl (C=O) groups excluding carboxylic acids is 3. The van der Waals surface area contributed by atoms with Crippen molar-refractivity contribution in [3.05, 3.63) is 0 Å². The minimum Gasteiger partial charge on any atom is -0.468 e. The van der Waals surface area contributed by atoms with Gasteiger partial charge in [-0.1, -0.05) is 0 Å². The topological polar surface area (TPSA) is 111 Å². The highest BCUT2D eigenvalue weighted by molar-refractivity contribution is 7.99. The Morgan fingerprint density at radius 3 is 2.56 bits per heavy atom. The Bertz CT molecular complexity index is 299. The van der Waals surface area contributed by atoms with Crippen LogP contribution in [0.5, 0.6) is 0 Å².